The number of carbonyl (C=O) groups is 1. The Labute approximate surface area is 121 Å². The summed E-state index contributed by atoms with van der Waals surface area (Å²) in [5, 5.41) is 2.40. The van der Waals surface area contributed by atoms with Crippen molar-refractivity contribution in [2.45, 2.75) is 20.3 Å². The third-order valence-corrected chi connectivity index (χ3v) is 4.25. The maximum absolute atomic E-state index is 12.3. The van der Waals surface area contributed by atoms with Gasteiger partial charge in [-0.25, -0.2) is 0 Å². The zero-order valence-electron chi connectivity index (χ0n) is 10.8. The molecular weight excluding hydrogens is 282 g/mol. The summed E-state index contributed by atoms with van der Waals surface area (Å²) in [5.74, 6) is 0.495. The largest absolute Gasteiger partial charge is 0.492 e. The molecule has 0 bridgehead atoms. The number of rotatable bonds is 5. The summed E-state index contributed by atoms with van der Waals surface area (Å²) >= 11 is 7.47. The van der Waals surface area contributed by atoms with Gasteiger partial charge in [0.25, 0.3) is 0 Å². The average molecular weight is 296 g/mol. The Kier molecular flexibility index (Phi) is 4.56. The van der Waals surface area contributed by atoms with Crippen LogP contribution in [0.15, 0.2) is 23.8 Å². The SMILES string of the molecule is CCCOc1cncc(C(=O)c2scc(C)c2Cl)c1. The summed E-state index contributed by atoms with van der Waals surface area (Å²) in [5.41, 5.74) is 1.42. The van der Waals surface area contributed by atoms with Crippen LogP contribution in [0.3, 0.4) is 0 Å². The monoisotopic (exact) mass is 295 g/mol. The number of hydrogen-bond donors (Lipinski definition) is 0. The van der Waals surface area contributed by atoms with Crippen LogP contribution >= 0.6 is 22.9 Å². The summed E-state index contributed by atoms with van der Waals surface area (Å²) in [7, 11) is 0. The third kappa shape index (κ3) is 3.14. The van der Waals surface area contributed by atoms with Crippen molar-refractivity contribution in [3.8, 4) is 5.75 Å². The van der Waals surface area contributed by atoms with Gasteiger partial charge in [0, 0.05) is 11.8 Å². The molecule has 2 aromatic rings. The molecule has 0 aromatic carbocycles. The fourth-order valence-electron chi connectivity index (χ4n) is 1.56. The maximum atomic E-state index is 12.3. The highest BCUT2D eigenvalue weighted by atomic mass is 35.5. The fourth-order valence-corrected chi connectivity index (χ4v) is 2.80. The summed E-state index contributed by atoms with van der Waals surface area (Å²) in [6, 6.07) is 1.70. The van der Waals surface area contributed by atoms with Crippen molar-refractivity contribution in [3.05, 3.63) is 44.9 Å². The van der Waals surface area contributed by atoms with Crippen molar-refractivity contribution in [3.63, 3.8) is 0 Å². The Morgan fingerprint density at radius 3 is 2.89 bits per heavy atom. The number of nitrogens with zero attached hydrogens (tertiary/aromatic N) is 1. The second kappa shape index (κ2) is 6.17. The molecular formula is C14H14ClNO2S. The quantitative estimate of drug-likeness (QED) is 0.779. The molecule has 19 heavy (non-hydrogen) atoms. The van der Waals surface area contributed by atoms with E-state index in [2.05, 4.69) is 4.98 Å². The Bertz CT molecular complexity index is 595. The van der Waals surface area contributed by atoms with E-state index in [1.807, 2.05) is 19.2 Å². The first-order chi connectivity index (χ1) is 9.13. The molecule has 0 aliphatic heterocycles. The number of ketones is 1. The first kappa shape index (κ1) is 14.0. The van der Waals surface area contributed by atoms with Gasteiger partial charge in [-0.3, -0.25) is 9.78 Å². The van der Waals surface area contributed by atoms with Crippen LogP contribution in [0.1, 0.15) is 34.1 Å². The topological polar surface area (TPSA) is 39.2 Å². The van der Waals surface area contributed by atoms with E-state index >= 15 is 0 Å². The molecule has 0 radical (unpaired) electrons. The van der Waals surface area contributed by atoms with Gasteiger partial charge in [0.05, 0.1) is 22.7 Å². The fraction of sp³-hybridized carbons (Fsp3) is 0.286. The van der Waals surface area contributed by atoms with Gasteiger partial charge in [0.2, 0.25) is 5.78 Å². The van der Waals surface area contributed by atoms with Gasteiger partial charge in [-0.05, 0) is 30.4 Å². The highest BCUT2D eigenvalue weighted by Crippen LogP contribution is 2.29. The van der Waals surface area contributed by atoms with Crippen LogP contribution in [-0.4, -0.2) is 17.4 Å². The second-order valence-electron chi connectivity index (χ2n) is 4.15. The molecule has 0 N–H and O–H groups in total. The number of carbonyl (C=O) groups excluding carboxylic acids is 1. The Morgan fingerprint density at radius 1 is 1.47 bits per heavy atom. The lowest BCUT2D eigenvalue weighted by molar-refractivity contribution is 0.104. The number of aromatic nitrogens is 1. The van der Waals surface area contributed by atoms with Gasteiger partial charge in [0.1, 0.15) is 5.75 Å². The van der Waals surface area contributed by atoms with E-state index in [9.17, 15) is 4.79 Å². The molecule has 0 saturated heterocycles. The number of aryl methyl sites for hydroxylation is 1. The summed E-state index contributed by atoms with van der Waals surface area (Å²) in [6.07, 6.45) is 4.05. The number of hydrogen-bond acceptors (Lipinski definition) is 4. The van der Waals surface area contributed by atoms with Crippen LogP contribution < -0.4 is 4.74 Å². The highest BCUT2D eigenvalue weighted by molar-refractivity contribution is 7.13. The lowest BCUT2D eigenvalue weighted by Crippen LogP contribution is -2.02. The van der Waals surface area contributed by atoms with Crippen molar-refractivity contribution in [2.75, 3.05) is 6.61 Å². The summed E-state index contributed by atoms with van der Waals surface area (Å²) < 4.78 is 5.47. The zero-order valence-corrected chi connectivity index (χ0v) is 12.3. The molecule has 100 valence electrons. The molecule has 0 saturated carbocycles. The van der Waals surface area contributed by atoms with Crippen molar-refractivity contribution < 1.29 is 9.53 Å². The summed E-state index contributed by atoms with van der Waals surface area (Å²) in [6.45, 7) is 4.52. The van der Waals surface area contributed by atoms with E-state index in [4.69, 9.17) is 16.3 Å². The van der Waals surface area contributed by atoms with Gasteiger partial charge in [-0.2, -0.15) is 0 Å². The van der Waals surface area contributed by atoms with Crippen LogP contribution in [0.5, 0.6) is 5.75 Å². The molecule has 2 aromatic heterocycles. The lowest BCUT2D eigenvalue weighted by atomic mass is 10.1. The van der Waals surface area contributed by atoms with Crippen LogP contribution in [-0.2, 0) is 0 Å². The van der Waals surface area contributed by atoms with E-state index in [0.717, 1.165) is 12.0 Å². The van der Waals surface area contributed by atoms with Gasteiger partial charge >= 0.3 is 0 Å². The second-order valence-corrected chi connectivity index (χ2v) is 5.41. The van der Waals surface area contributed by atoms with Gasteiger partial charge in [-0.15, -0.1) is 11.3 Å². The van der Waals surface area contributed by atoms with Crippen LogP contribution in [0, 0.1) is 6.92 Å². The molecule has 3 nitrogen and oxygen atoms in total. The van der Waals surface area contributed by atoms with Crippen molar-refractivity contribution in [1.29, 1.82) is 0 Å². The number of ether oxygens (including phenoxy) is 1. The molecule has 0 amide bonds. The highest BCUT2D eigenvalue weighted by Gasteiger charge is 2.17. The Hall–Kier alpha value is -1.39. The molecule has 0 spiro atoms. The lowest BCUT2D eigenvalue weighted by Gasteiger charge is -2.05. The number of pyridine rings is 1. The van der Waals surface area contributed by atoms with E-state index in [-0.39, 0.29) is 5.78 Å². The predicted molar refractivity (Wildman–Crippen MR) is 77.5 cm³/mol. The minimum absolute atomic E-state index is 0.113. The van der Waals surface area contributed by atoms with Gasteiger partial charge < -0.3 is 4.74 Å². The van der Waals surface area contributed by atoms with E-state index in [0.29, 0.717) is 27.8 Å². The molecule has 2 heterocycles. The predicted octanol–water partition coefficient (Wildman–Crippen LogP) is 4.12. The third-order valence-electron chi connectivity index (χ3n) is 2.55. The van der Waals surface area contributed by atoms with Crippen molar-refractivity contribution in [2.24, 2.45) is 0 Å². The first-order valence-corrected chi connectivity index (χ1v) is 7.25. The van der Waals surface area contributed by atoms with Crippen molar-refractivity contribution in [1.82, 2.24) is 4.98 Å². The molecule has 5 heteroatoms. The van der Waals surface area contributed by atoms with Crippen molar-refractivity contribution >= 4 is 28.7 Å². The van der Waals surface area contributed by atoms with Gasteiger partial charge in [0.15, 0.2) is 0 Å². The smallest absolute Gasteiger partial charge is 0.206 e. The zero-order chi connectivity index (χ0) is 13.8. The Morgan fingerprint density at radius 2 is 2.26 bits per heavy atom. The van der Waals surface area contributed by atoms with E-state index < -0.39 is 0 Å². The summed E-state index contributed by atoms with van der Waals surface area (Å²) in [4.78, 5) is 16.9. The molecule has 0 atom stereocenters. The molecule has 0 aliphatic carbocycles. The molecule has 0 fully saturated rings. The Balaban J connectivity index is 2.26. The maximum Gasteiger partial charge on any atom is 0.206 e. The van der Waals surface area contributed by atoms with E-state index in [1.165, 1.54) is 17.5 Å². The molecule has 0 aliphatic rings. The number of thiophene rings is 1. The average Bonchev–Trinajstić information content (AvgIpc) is 2.76. The van der Waals surface area contributed by atoms with Crippen LogP contribution in [0.25, 0.3) is 0 Å². The first-order valence-electron chi connectivity index (χ1n) is 5.99. The molecule has 2 rings (SSSR count). The number of halogens is 1. The normalized spacial score (nSPS) is 10.5. The van der Waals surface area contributed by atoms with Crippen LogP contribution in [0.2, 0.25) is 5.02 Å². The standard InChI is InChI=1S/C14H14ClNO2S/c1-3-4-18-11-5-10(6-16-7-11)13(17)14-12(15)9(2)8-19-14/h5-8H,3-4H2,1-2H3. The minimum atomic E-state index is -0.113. The van der Waals surface area contributed by atoms with E-state index in [1.54, 1.807) is 12.3 Å². The van der Waals surface area contributed by atoms with Crippen LogP contribution in [0.4, 0.5) is 0 Å². The van der Waals surface area contributed by atoms with Gasteiger partial charge in [-0.1, -0.05) is 18.5 Å². The molecule has 0 unspecified atom stereocenters. The minimum Gasteiger partial charge on any atom is -0.492 e.